The van der Waals surface area contributed by atoms with Crippen molar-refractivity contribution in [3.63, 3.8) is 0 Å². The lowest BCUT2D eigenvalue weighted by atomic mass is 9.49. The predicted molar refractivity (Wildman–Crippen MR) is 81.5 cm³/mol. The number of hydrogen-bond donors (Lipinski definition) is 1. The number of likely N-dealkylation sites (tertiary alicyclic amines) is 1. The lowest BCUT2D eigenvalue weighted by Gasteiger charge is -2.57. The Kier molecular flexibility index (Phi) is 2.78. The molecule has 6 fully saturated rings. The number of fused-ring (bicyclic) bond motifs is 1. The fraction of sp³-hybridized carbons (Fsp3) is 1.00. The molecule has 6 aliphatic rings. The Morgan fingerprint density at radius 3 is 1.95 bits per heavy atom. The van der Waals surface area contributed by atoms with Gasteiger partial charge in [-0.2, -0.15) is 0 Å². The highest BCUT2D eigenvalue weighted by atomic mass is 15.2. The summed E-state index contributed by atoms with van der Waals surface area (Å²) >= 11 is 0. The van der Waals surface area contributed by atoms with Gasteiger partial charge in [-0.15, -0.1) is 0 Å². The molecular weight excluding hydrogens is 244 g/mol. The highest BCUT2D eigenvalue weighted by Crippen LogP contribution is 2.61. The van der Waals surface area contributed by atoms with Gasteiger partial charge in [0.25, 0.3) is 0 Å². The summed E-state index contributed by atoms with van der Waals surface area (Å²) in [7, 11) is 0. The van der Waals surface area contributed by atoms with Crippen LogP contribution in [0.4, 0.5) is 0 Å². The van der Waals surface area contributed by atoms with E-state index in [1.807, 2.05) is 0 Å². The molecule has 2 saturated heterocycles. The molecule has 2 heteroatoms. The second-order valence-corrected chi connectivity index (χ2v) is 9.11. The summed E-state index contributed by atoms with van der Waals surface area (Å²) < 4.78 is 0. The van der Waals surface area contributed by atoms with E-state index in [-0.39, 0.29) is 0 Å². The first-order valence-corrected chi connectivity index (χ1v) is 9.21. The minimum atomic E-state index is 0.796. The Labute approximate surface area is 123 Å². The van der Waals surface area contributed by atoms with E-state index in [1.54, 1.807) is 38.5 Å². The molecule has 1 N–H and O–H groups in total. The summed E-state index contributed by atoms with van der Waals surface area (Å²) in [5.74, 6) is 5.34. The summed E-state index contributed by atoms with van der Waals surface area (Å²) in [5, 5.41) is 3.57. The second-order valence-electron chi connectivity index (χ2n) is 9.11. The van der Waals surface area contributed by atoms with Crippen LogP contribution in [-0.4, -0.2) is 37.6 Å². The summed E-state index contributed by atoms with van der Waals surface area (Å²) in [6.07, 6.45) is 11.1. The van der Waals surface area contributed by atoms with Gasteiger partial charge in [-0.3, -0.25) is 0 Å². The van der Waals surface area contributed by atoms with Crippen LogP contribution in [0.2, 0.25) is 0 Å². The molecule has 2 aliphatic heterocycles. The predicted octanol–water partition coefficient (Wildman–Crippen LogP) is 2.74. The van der Waals surface area contributed by atoms with E-state index in [2.05, 4.69) is 10.2 Å². The molecule has 0 aromatic rings. The molecule has 0 amide bonds. The summed E-state index contributed by atoms with van der Waals surface area (Å²) in [5.41, 5.74) is 0.796. The van der Waals surface area contributed by atoms with E-state index in [0.717, 1.165) is 35.0 Å². The fourth-order valence-corrected chi connectivity index (χ4v) is 7.13. The largest absolute Gasteiger partial charge is 0.316 e. The molecule has 0 spiro atoms. The smallest absolute Gasteiger partial charge is 0.00255 e. The monoisotopic (exact) mass is 274 g/mol. The standard InChI is InChI=1S/C18H30N2/c1(2-20-11-16-9-19-10-17(16)12-20)18-6-13-3-14(7-18)5-15(4-13)8-18/h13-17,19H,1-12H2. The van der Waals surface area contributed by atoms with Gasteiger partial charge in [0.1, 0.15) is 0 Å². The van der Waals surface area contributed by atoms with Crippen LogP contribution in [0.15, 0.2) is 0 Å². The lowest BCUT2D eigenvalue weighted by Crippen LogP contribution is -2.47. The topological polar surface area (TPSA) is 15.3 Å². The molecule has 0 aromatic heterocycles. The van der Waals surface area contributed by atoms with Gasteiger partial charge >= 0.3 is 0 Å². The fourth-order valence-electron chi connectivity index (χ4n) is 7.13. The molecule has 4 saturated carbocycles. The Morgan fingerprint density at radius 2 is 1.40 bits per heavy atom. The van der Waals surface area contributed by atoms with Crippen molar-refractivity contribution < 1.29 is 0 Å². The van der Waals surface area contributed by atoms with Gasteiger partial charge in [0.15, 0.2) is 0 Å². The SMILES string of the molecule is C1C2CC3CC1CC(CCN1CC4CNCC4C1)(C2)C3. The molecule has 6 rings (SSSR count). The van der Waals surface area contributed by atoms with E-state index < -0.39 is 0 Å². The Hall–Kier alpha value is -0.0800. The zero-order valence-corrected chi connectivity index (χ0v) is 12.8. The van der Waals surface area contributed by atoms with E-state index in [9.17, 15) is 0 Å². The van der Waals surface area contributed by atoms with Crippen molar-refractivity contribution in [3.8, 4) is 0 Å². The van der Waals surface area contributed by atoms with Gasteiger partial charge < -0.3 is 10.2 Å². The van der Waals surface area contributed by atoms with Crippen molar-refractivity contribution >= 4 is 0 Å². The van der Waals surface area contributed by atoms with Crippen LogP contribution in [0.3, 0.4) is 0 Å². The van der Waals surface area contributed by atoms with Crippen LogP contribution >= 0.6 is 0 Å². The molecule has 2 nitrogen and oxygen atoms in total. The van der Waals surface area contributed by atoms with E-state index in [0.29, 0.717) is 0 Å². The van der Waals surface area contributed by atoms with Crippen molar-refractivity contribution in [2.75, 3.05) is 32.7 Å². The molecule has 2 unspecified atom stereocenters. The van der Waals surface area contributed by atoms with Crippen LogP contribution in [0, 0.1) is 35.0 Å². The third kappa shape index (κ3) is 1.98. The molecule has 20 heavy (non-hydrogen) atoms. The molecule has 4 aliphatic carbocycles. The lowest BCUT2D eigenvalue weighted by molar-refractivity contribution is -0.0605. The molecule has 2 atom stereocenters. The minimum Gasteiger partial charge on any atom is -0.316 e. The molecular formula is C18H30N2. The van der Waals surface area contributed by atoms with Gasteiger partial charge in [0.05, 0.1) is 0 Å². The quantitative estimate of drug-likeness (QED) is 0.851. The maximum atomic E-state index is 3.57. The Balaban J connectivity index is 1.22. The first kappa shape index (κ1) is 12.5. The Morgan fingerprint density at radius 1 is 0.850 bits per heavy atom. The van der Waals surface area contributed by atoms with Crippen molar-refractivity contribution in [1.29, 1.82) is 0 Å². The molecule has 2 heterocycles. The zero-order valence-electron chi connectivity index (χ0n) is 12.8. The van der Waals surface area contributed by atoms with Crippen LogP contribution in [0.25, 0.3) is 0 Å². The third-order valence-electron chi connectivity index (χ3n) is 7.59. The highest BCUT2D eigenvalue weighted by molar-refractivity contribution is 5.02. The number of hydrogen-bond acceptors (Lipinski definition) is 2. The molecule has 112 valence electrons. The zero-order chi connectivity index (χ0) is 13.2. The average molecular weight is 274 g/mol. The number of rotatable bonds is 3. The molecule has 4 bridgehead atoms. The number of nitrogens with zero attached hydrogens (tertiary/aromatic N) is 1. The van der Waals surface area contributed by atoms with Gasteiger partial charge in [-0.1, -0.05) is 0 Å². The second kappa shape index (κ2) is 4.46. The van der Waals surface area contributed by atoms with Gasteiger partial charge in [0.2, 0.25) is 0 Å². The van der Waals surface area contributed by atoms with Crippen LogP contribution in [0.1, 0.15) is 44.9 Å². The maximum Gasteiger partial charge on any atom is 0.00255 e. The average Bonchev–Trinajstić information content (AvgIpc) is 2.95. The first-order chi connectivity index (χ1) is 9.78. The molecule has 0 radical (unpaired) electrons. The van der Waals surface area contributed by atoms with Crippen molar-refractivity contribution in [2.24, 2.45) is 35.0 Å². The highest BCUT2D eigenvalue weighted by Gasteiger charge is 2.50. The van der Waals surface area contributed by atoms with E-state index in [1.165, 1.54) is 39.1 Å². The third-order valence-corrected chi connectivity index (χ3v) is 7.59. The number of nitrogens with one attached hydrogen (secondary N) is 1. The van der Waals surface area contributed by atoms with Crippen molar-refractivity contribution in [3.05, 3.63) is 0 Å². The minimum absolute atomic E-state index is 0.796. The molecule has 0 aromatic carbocycles. The van der Waals surface area contributed by atoms with Gasteiger partial charge in [0, 0.05) is 13.1 Å². The van der Waals surface area contributed by atoms with Crippen LogP contribution < -0.4 is 5.32 Å². The van der Waals surface area contributed by atoms with Crippen LogP contribution in [0.5, 0.6) is 0 Å². The maximum absolute atomic E-state index is 3.57. The first-order valence-electron chi connectivity index (χ1n) is 9.21. The van der Waals surface area contributed by atoms with Crippen molar-refractivity contribution in [1.82, 2.24) is 10.2 Å². The summed E-state index contributed by atoms with van der Waals surface area (Å²) in [6, 6.07) is 0. The normalized spacial score (nSPS) is 53.7. The summed E-state index contributed by atoms with van der Waals surface area (Å²) in [4.78, 5) is 2.81. The van der Waals surface area contributed by atoms with Gasteiger partial charge in [-0.05, 0) is 99.6 Å². The van der Waals surface area contributed by atoms with Crippen molar-refractivity contribution in [2.45, 2.75) is 44.9 Å². The van der Waals surface area contributed by atoms with Crippen LogP contribution in [-0.2, 0) is 0 Å². The van der Waals surface area contributed by atoms with E-state index >= 15 is 0 Å². The van der Waals surface area contributed by atoms with Gasteiger partial charge in [-0.25, -0.2) is 0 Å². The van der Waals surface area contributed by atoms with E-state index in [4.69, 9.17) is 0 Å². The Bertz CT molecular complexity index is 344. The summed E-state index contributed by atoms with van der Waals surface area (Å²) in [6.45, 7) is 6.78.